The standard InChI is InChI=1S/C10H7F2NO2/c1-4-9(14)7-5(11)2-3-6(12)8(7)13-10(4)15/h2-3H,1H3,(H2,13,14,15). The molecular weight excluding hydrogens is 204 g/mol. The lowest BCUT2D eigenvalue weighted by Gasteiger charge is -2.07. The summed E-state index contributed by atoms with van der Waals surface area (Å²) >= 11 is 0. The third-order valence-corrected chi connectivity index (χ3v) is 2.22. The van der Waals surface area contributed by atoms with Crippen molar-refractivity contribution in [2.45, 2.75) is 6.92 Å². The maximum atomic E-state index is 13.3. The van der Waals surface area contributed by atoms with Gasteiger partial charge in [0, 0.05) is 0 Å². The molecule has 0 spiro atoms. The van der Waals surface area contributed by atoms with Crippen LogP contribution in [0.3, 0.4) is 0 Å². The summed E-state index contributed by atoms with van der Waals surface area (Å²) in [7, 11) is 0. The van der Waals surface area contributed by atoms with Crippen LogP contribution in [0.5, 0.6) is 11.6 Å². The van der Waals surface area contributed by atoms with Gasteiger partial charge in [-0.3, -0.25) is 0 Å². The predicted octanol–water partition coefficient (Wildman–Crippen LogP) is 2.23. The summed E-state index contributed by atoms with van der Waals surface area (Å²) in [6.45, 7) is 1.36. The van der Waals surface area contributed by atoms with Crippen molar-refractivity contribution < 1.29 is 19.0 Å². The van der Waals surface area contributed by atoms with Crippen LogP contribution in [0, 0.1) is 18.6 Å². The van der Waals surface area contributed by atoms with Gasteiger partial charge >= 0.3 is 0 Å². The number of aromatic hydroxyl groups is 2. The zero-order chi connectivity index (χ0) is 11.2. The molecule has 3 nitrogen and oxygen atoms in total. The fourth-order valence-corrected chi connectivity index (χ4v) is 1.36. The van der Waals surface area contributed by atoms with Crippen LogP contribution in [0.2, 0.25) is 0 Å². The largest absolute Gasteiger partial charge is 0.507 e. The Hall–Kier alpha value is -1.91. The second kappa shape index (κ2) is 3.05. The van der Waals surface area contributed by atoms with Crippen molar-refractivity contribution >= 4 is 10.9 Å². The Kier molecular flexibility index (Phi) is 1.96. The van der Waals surface area contributed by atoms with Gasteiger partial charge in [0.25, 0.3) is 0 Å². The number of benzene rings is 1. The molecule has 0 atom stereocenters. The molecule has 0 aliphatic rings. The van der Waals surface area contributed by atoms with Crippen LogP contribution in [-0.2, 0) is 0 Å². The molecule has 2 rings (SSSR count). The van der Waals surface area contributed by atoms with E-state index in [9.17, 15) is 19.0 Å². The lowest BCUT2D eigenvalue weighted by atomic mass is 10.1. The Morgan fingerprint density at radius 3 is 2.40 bits per heavy atom. The van der Waals surface area contributed by atoms with E-state index in [1.165, 1.54) is 6.92 Å². The van der Waals surface area contributed by atoms with Crippen molar-refractivity contribution in [1.82, 2.24) is 4.98 Å². The second-order valence-corrected chi connectivity index (χ2v) is 3.16. The fraction of sp³-hybridized carbons (Fsp3) is 0.100. The van der Waals surface area contributed by atoms with Gasteiger partial charge in [-0.2, -0.15) is 0 Å². The van der Waals surface area contributed by atoms with E-state index in [2.05, 4.69) is 4.98 Å². The maximum absolute atomic E-state index is 13.3. The number of aromatic nitrogens is 1. The van der Waals surface area contributed by atoms with Gasteiger partial charge in [-0.1, -0.05) is 0 Å². The minimum absolute atomic E-state index is 0.0204. The van der Waals surface area contributed by atoms with Gasteiger partial charge in [-0.05, 0) is 19.1 Å². The summed E-state index contributed by atoms with van der Waals surface area (Å²) in [4.78, 5) is 3.48. The van der Waals surface area contributed by atoms with Crippen LogP contribution in [0.25, 0.3) is 10.9 Å². The molecule has 0 aliphatic heterocycles. The third-order valence-electron chi connectivity index (χ3n) is 2.22. The number of pyridine rings is 1. The molecule has 0 radical (unpaired) electrons. The van der Waals surface area contributed by atoms with Crippen LogP contribution in [0.1, 0.15) is 5.56 Å². The average Bonchev–Trinajstić information content (AvgIpc) is 2.20. The molecule has 1 aromatic heterocycles. The van der Waals surface area contributed by atoms with E-state index in [1.54, 1.807) is 0 Å². The lowest BCUT2D eigenvalue weighted by molar-refractivity contribution is 0.431. The molecule has 5 heteroatoms. The second-order valence-electron chi connectivity index (χ2n) is 3.16. The Morgan fingerprint density at radius 1 is 1.13 bits per heavy atom. The van der Waals surface area contributed by atoms with E-state index < -0.39 is 23.3 Å². The quantitative estimate of drug-likeness (QED) is 0.702. The van der Waals surface area contributed by atoms with Crippen LogP contribution in [0.15, 0.2) is 12.1 Å². The third kappa shape index (κ3) is 1.27. The Balaban J connectivity index is 3.04. The first-order valence-electron chi connectivity index (χ1n) is 4.18. The summed E-state index contributed by atoms with van der Waals surface area (Å²) in [5.41, 5.74) is -0.359. The van der Waals surface area contributed by atoms with Crippen molar-refractivity contribution in [3.8, 4) is 11.6 Å². The lowest BCUT2D eigenvalue weighted by Crippen LogP contribution is -1.92. The monoisotopic (exact) mass is 211 g/mol. The number of hydrogen-bond donors (Lipinski definition) is 2. The highest BCUT2D eigenvalue weighted by molar-refractivity contribution is 5.87. The smallest absolute Gasteiger partial charge is 0.218 e. The number of halogens is 2. The van der Waals surface area contributed by atoms with Crippen molar-refractivity contribution in [2.24, 2.45) is 0 Å². The van der Waals surface area contributed by atoms with E-state index in [4.69, 9.17) is 0 Å². The van der Waals surface area contributed by atoms with Crippen LogP contribution in [0.4, 0.5) is 8.78 Å². The molecule has 0 bridgehead atoms. The van der Waals surface area contributed by atoms with E-state index in [1.807, 2.05) is 0 Å². The summed E-state index contributed by atoms with van der Waals surface area (Å²) in [6.07, 6.45) is 0. The zero-order valence-electron chi connectivity index (χ0n) is 7.75. The van der Waals surface area contributed by atoms with Crippen LogP contribution < -0.4 is 0 Å². The minimum Gasteiger partial charge on any atom is -0.507 e. The average molecular weight is 211 g/mol. The Bertz CT molecular complexity index is 555. The summed E-state index contributed by atoms with van der Waals surface area (Å²) in [6, 6.07) is 1.79. The number of rotatable bonds is 0. The van der Waals surface area contributed by atoms with Gasteiger partial charge in [0.05, 0.1) is 10.9 Å². The van der Waals surface area contributed by atoms with Crippen molar-refractivity contribution in [2.75, 3.05) is 0 Å². The molecule has 0 unspecified atom stereocenters. The molecule has 0 saturated carbocycles. The number of nitrogens with zero attached hydrogens (tertiary/aromatic N) is 1. The molecule has 1 aromatic carbocycles. The van der Waals surface area contributed by atoms with E-state index in [-0.39, 0.29) is 16.5 Å². The van der Waals surface area contributed by atoms with E-state index >= 15 is 0 Å². The van der Waals surface area contributed by atoms with Crippen molar-refractivity contribution in [3.63, 3.8) is 0 Å². The van der Waals surface area contributed by atoms with E-state index in [0.29, 0.717) is 0 Å². The zero-order valence-corrected chi connectivity index (χ0v) is 7.75. The highest BCUT2D eigenvalue weighted by Crippen LogP contribution is 2.34. The molecule has 0 amide bonds. The SMILES string of the molecule is Cc1c(O)nc2c(F)ccc(F)c2c1O. The first-order chi connectivity index (χ1) is 7.02. The van der Waals surface area contributed by atoms with Gasteiger partial charge in [0.15, 0.2) is 0 Å². The number of fused-ring (bicyclic) bond motifs is 1. The van der Waals surface area contributed by atoms with Gasteiger partial charge in [-0.15, -0.1) is 0 Å². The van der Waals surface area contributed by atoms with Gasteiger partial charge < -0.3 is 10.2 Å². The molecule has 0 aliphatic carbocycles. The Labute approximate surface area is 83.6 Å². The summed E-state index contributed by atoms with van der Waals surface area (Å²) < 4.78 is 26.5. The van der Waals surface area contributed by atoms with Crippen LogP contribution >= 0.6 is 0 Å². The first-order valence-corrected chi connectivity index (χ1v) is 4.18. The van der Waals surface area contributed by atoms with Crippen molar-refractivity contribution in [1.29, 1.82) is 0 Å². The van der Waals surface area contributed by atoms with Gasteiger partial charge in [0.2, 0.25) is 5.88 Å². The van der Waals surface area contributed by atoms with Gasteiger partial charge in [0.1, 0.15) is 22.9 Å². The normalized spacial score (nSPS) is 10.9. The fourth-order valence-electron chi connectivity index (χ4n) is 1.36. The summed E-state index contributed by atoms with van der Waals surface area (Å²) in [5, 5.41) is 18.5. The molecular formula is C10H7F2NO2. The van der Waals surface area contributed by atoms with Crippen molar-refractivity contribution in [3.05, 3.63) is 29.3 Å². The summed E-state index contributed by atoms with van der Waals surface area (Å²) in [5.74, 6) is -2.57. The first kappa shape index (κ1) is 9.64. The molecule has 15 heavy (non-hydrogen) atoms. The minimum atomic E-state index is -0.794. The van der Waals surface area contributed by atoms with Gasteiger partial charge in [-0.25, -0.2) is 13.8 Å². The molecule has 2 N–H and O–H groups in total. The highest BCUT2D eigenvalue weighted by atomic mass is 19.1. The molecule has 0 fully saturated rings. The Morgan fingerprint density at radius 2 is 1.73 bits per heavy atom. The molecule has 78 valence electrons. The topological polar surface area (TPSA) is 53.4 Å². The number of hydrogen-bond acceptors (Lipinski definition) is 3. The van der Waals surface area contributed by atoms with E-state index in [0.717, 1.165) is 12.1 Å². The molecule has 0 saturated heterocycles. The maximum Gasteiger partial charge on any atom is 0.218 e. The molecule has 1 heterocycles. The van der Waals surface area contributed by atoms with Crippen LogP contribution in [-0.4, -0.2) is 15.2 Å². The predicted molar refractivity (Wildman–Crippen MR) is 49.7 cm³/mol. The highest BCUT2D eigenvalue weighted by Gasteiger charge is 2.16. The molecule has 2 aromatic rings.